The molecule has 1 unspecified atom stereocenters. The third kappa shape index (κ3) is 5.69. The van der Waals surface area contributed by atoms with Crippen LogP contribution in [0.5, 0.6) is 6.01 Å². The monoisotopic (exact) mass is 269 g/mol. The lowest BCUT2D eigenvalue weighted by Gasteiger charge is -2.12. The summed E-state index contributed by atoms with van der Waals surface area (Å²) in [5, 5.41) is 15.1. The first-order valence-corrected chi connectivity index (χ1v) is 6.58. The highest BCUT2D eigenvalue weighted by Crippen LogP contribution is 2.11. The van der Waals surface area contributed by atoms with E-state index in [9.17, 15) is 0 Å². The normalized spacial score (nSPS) is 12.0. The molecular formula is C12H23N5O2. The number of ether oxygens (including phenoxy) is 1. The third-order valence-corrected chi connectivity index (χ3v) is 2.56. The summed E-state index contributed by atoms with van der Waals surface area (Å²) in [4.78, 5) is 12.5. The molecule has 0 aliphatic carbocycles. The van der Waals surface area contributed by atoms with Crippen LogP contribution in [0.15, 0.2) is 0 Å². The molecule has 0 radical (unpaired) electrons. The van der Waals surface area contributed by atoms with Gasteiger partial charge < -0.3 is 20.5 Å². The molecule has 1 rings (SSSR count). The van der Waals surface area contributed by atoms with E-state index in [1.807, 2.05) is 0 Å². The third-order valence-electron chi connectivity index (χ3n) is 2.56. The van der Waals surface area contributed by atoms with Gasteiger partial charge in [-0.15, -0.1) is 0 Å². The van der Waals surface area contributed by atoms with Gasteiger partial charge in [-0.2, -0.15) is 15.0 Å². The summed E-state index contributed by atoms with van der Waals surface area (Å²) in [7, 11) is 1.52. The molecular weight excluding hydrogens is 246 g/mol. The summed E-state index contributed by atoms with van der Waals surface area (Å²) in [5.74, 6) is 1.33. The van der Waals surface area contributed by atoms with Gasteiger partial charge >= 0.3 is 6.01 Å². The molecule has 0 saturated heterocycles. The number of hydrogen-bond donors (Lipinski definition) is 3. The van der Waals surface area contributed by atoms with Crippen LogP contribution in [0.1, 0.15) is 26.7 Å². The maximum absolute atomic E-state index is 8.86. The minimum absolute atomic E-state index is 0.187. The highest BCUT2D eigenvalue weighted by Gasteiger charge is 2.07. The molecule has 108 valence electrons. The van der Waals surface area contributed by atoms with Gasteiger partial charge in [-0.1, -0.05) is 13.8 Å². The first-order chi connectivity index (χ1) is 9.19. The second kappa shape index (κ2) is 8.47. The second-order valence-corrected chi connectivity index (χ2v) is 4.39. The van der Waals surface area contributed by atoms with Crippen molar-refractivity contribution < 1.29 is 9.84 Å². The lowest BCUT2D eigenvalue weighted by Crippen LogP contribution is -2.16. The molecule has 0 saturated carbocycles. The van der Waals surface area contributed by atoms with Crippen molar-refractivity contribution in [3.05, 3.63) is 0 Å². The molecule has 0 aliphatic rings. The van der Waals surface area contributed by atoms with Crippen LogP contribution in [0.4, 0.5) is 11.9 Å². The molecule has 0 aliphatic heterocycles. The molecule has 0 amide bonds. The molecule has 1 atom stereocenters. The van der Waals surface area contributed by atoms with Crippen LogP contribution in [-0.2, 0) is 0 Å². The van der Waals surface area contributed by atoms with E-state index in [0.29, 0.717) is 24.4 Å². The van der Waals surface area contributed by atoms with Crippen LogP contribution in [-0.4, -0.2) is 46.9 Å². The molecule has 19 heavy (non-hydrogen) atoms. The quantitative estimate of drug-likeness (QED) is 0.619. The van der Waals surface area contributed by atoms with Crippen molar-refractivity contribution in [2.75, 3.05) is 37.4 Å². The lowest BCUT2D eigenvalue weighted by molar-refractivity contribution is 0.265. The number of hydrogen-bond acceptors (Lipinski definition) is 7. The summed E-state index contributed by atoms with van der Waals surface area (Å²) < 4.78 is 5.05. The maximum Gasteiger partial charge on any atom is 0.322 e. The number of nitrogens with zero attached hydrogens (tertiary/aromatic N) is 3. The van der Waals surface area contributed by atoms with Gasteiger partial charge in [0.1, 0.15) is 0 Å². The number of aromatic nitrogens is 3. The van der Waals surface area contributed by atoms with Crippen molar-refractivity contribution in [2.45, 2.75) is 26.7 Å². The fourth-order valence-corrected chi connectivity index (χ4v) is 1.43. The summed E-state index contributed by atoms with van der Waals surface area (Å²) >= 11 is 0. The average molecular weight is 269 g/mol. The first kappa shape index (κ1) is 15.4. The van der Waals surface area contributed by atoms with Crippen LogP contribution in [0, 0.1) is 5.92 Å². The predicted octanol–water partition coefficient (Wildman–Crippen LogP) is 1.13. The number of rotatable bonds is 9. The molecule has 1 aromatic rings. The Kier molecular flexibility index (Phi) is 6.88. The highest BCUT2D eigenvalue weighted by atomic mass is 16.5. The standard InChI is InChI=1S/C12H23N5O2/c1-4-6-13-10-15-11(17-12(16-10)19-3)14-8-9(2)5-7-18/h9,18H,4-8H2,1-3H3,(H2,13,14,15,16,17). The van der Waals surface area contributed by atoms with Gasteiger partial charge in [0.2, 0.25) is 11.9 Å². The van der Waals surface area contributed by atoms with E-state index < -0.39 is 0 Å². The summed E-state index contributed by atoms with van der Waals surface area (Å²) in [6, 6.07) is 0.283. The Morgan fingerprint density at radius 2 is 1.89 bits per heavy atom. The van der Waals surface area contributed by atoms with Gasteiger partial charge in [0, 0.05) is 19.7 Å². The largest absolute Gasteiger partial charge is 0.467 e. The summed E-state index contributed by atoms with van der Waals surface area (Å²) in [5.41, 5.74) is 0. The smallest absolute Gasteiger partial charge is 0.322 e. The zero-order chi connectivity index (χ0) is 14.1. The predicted molar refractivity (Wildman–Crippen MR) is 74.5 cm³/mol. The van der Waals surface area contributed by atoms with Gasteiger partial charge in [0.05, 0.1) is 7.11 Å². The van der Waals surface area contributed by atoms with Crippen LogP contribution < -0.4 is 15.4 Å². The number of methoxy groups -OCH3 is 1. The minimum Gasteiger partial charge on any atom is -0.467 e. The fraction of sp³-hybridized carbons (Fsp3) is 0.750. The SMILES string of the molecule is CCCNc1nc(NCC(C)CCO)nc(OC)n1. The Balaban J connectivity index is 2.65. The number of aliphatic hydroxyl groups is 1. The van der Waals surface area contributed by atoms with Gasteiger partial charge in [-0.05, 0) is 18.8 Å². The Hall–Kier alpha value is -1.63. The van der Waals surface area contributed by atoms with Gasteiger partial charge in [-0.3, -0.25) is 0 Å². The Labute approximate surface area is 113 Å². The van der Waals surface area contributed by atoms with E-state index in [-0.39, 0.29) is 12.6 Å². The van der Waals surface area contributed by atoms with E-state index in [4.69, 9.17) is 9.84 Å². The Bertz CT molecular complexity index is 375. The number of anilines is 2. The van der Waals surface area contributed by atoms with E-state index in [0.717, 1.165) is 19.4 Å². The van der Waals surface area contributed by atoms with Crippen LogP contribution >= 0.6 is 0 Å². The van der Waals surface area contributed by atoms with Crippen LogP contribution in [0.3, 0.4) is 0 Å². The van der Waals surface area contributed by atoms with Crippen molar-refractivity contribution in [3.8, 4) is 6.01 Å². The van der Waals surface area contributed by atoms with Gasteiger partial charge in [-0.25, -0.2) is 0 Å². The van der Waals surface area contributed by atoms with Crippen LogP contribution in [0.25, 0.3) is 0 Å². The molecule has 0 bridgehead atoms. The molecule has 1 heterocycles. The zero-order valence-corrected chi connectivity index (χ0v) is 11.8. The van der Waals surface area contributed by atoms with Crippen molar-refractivity contribution in [3.63, 3.8) is 0 Å². The first-order valence-electron chi connectivity index (χ1n) is 6.58. The van der Waals surface area contributed by atoms with E-state index in [2.05, 4.69) is 39.4 Å². The molecule has 7 heteroatoms. The number of aliphatic hydroxyl groups excluding tert-OH is 1. The second-order valence-electron chi connectivity index (χ2n) is 4.39. The Morgan fingerprint density at radius 3 is 2.47 bits per heavy atom. The van der Waals surface area contributed by atoms with Crippen molar-refractivity contribution in [1.29, 1.82) is 0 Å². The Morgan fingerprint density at radius 1 is 1.21 bits per heavy atom. The molecule has 3 N–H and O–H groups in total. The zero-order valence-electron chi connectivity index (χ0n) is 11.8. The minimum atomic E-state index is 0.187. The molecule has 0 spiro atoms. The highest BCUT2D eigenvalue weighted by molar-refractivity contribution is 5.35. The van der Waals surface area contributed by atoms with Gasteiger partial charge in [0.25, 0.3) is 0 Å². The van der Waals surface area contributed by atoms with Crippen molar-refractivity contribution in [2.24, 2.45) is 5.92 Å². The van der Waals surface area contributed by atoms with E-state index >= 15 is 0 Å². The van der Waals surface area contributed by atoms with Crippen molar-refractivity contribution in [1.82, 2.24) is 15.0 Å². The van der Waals surface area contributed by atoms with E-state index in [1.54, 1.807) is 0 Å². The average Bonchev–Trinajstić information content (AvgIpc) is 2.43. The van der Waals surface area contributed by atoms with Gasteiger partial charge in [0.15, 0.2) is 0 Å². The van der Waals surface area contributed by atoms with Crippen LogP contribution in [0.2, 0.25) is 0 Å². The lowest BCUT2D eigenvalue weighted by atomic mass is 10.1. The fourth-order valence-electron chi connectivity index (χ4n) is 1.43. The molecule has 7 nitrogen and oxygen atoms in total. The number of nitrogens with one attached hydrogen (secondary N) is 2. The van der Waals surface area contributed by atoms with Crippen molar-refractivity contribution >= 4 is 11.9 Å². The molecule has 0 aromatic carbocycles. The van der Waals surface area contributed by atoms with E-state index in [1.165, 1.54) is 7.11 Å². The maximum atomic E-state index is 8.86. The topological polar surface area (TPSA) is 92.2 Å². The summed E-state index contributed by atoms with van der Waals surface area (Å²) in [6.45, 7) is 5.81. The summed E-state index contributed by atoms with van der Waals surface area (Å²) in [6.07, 6.45) is 1.74. The molecule has 0 fully saturated rings. The molecule has 1 aromatic heterocycles.